The van der Waals surface area contributed by atoms with Gasteiger partial charge in [-0.05, 0) is 48.5 Å². The number of nitrogens with zero attached hydrogens (tertiary/aromatic N) is 2. The predicted octanol–water partition coefficient (Wildman–Crippen LogP) is 6.65. The molecule has 146 valence electrons. The van der Waals surface area contributed by atoms with Crippen molar-refractivity contribution >= 4 is 40.4 Å². The van der Waals surface area contributed by atoms with Gasteiger partial charge >= 0.3 is 0 Å². The van der Waals surface area contributed by atoms with E-state index in [1.165, 1.54) is 0 Å². The van der Waals surface area contributed by atoms with Crippen molar-refractivity contribution in [3.8, 4) is 0 Å². The first-order chi connectivity index (χ1) is 14.8. The van der Waals surface area contributed by atoms with Gasteiger partial charge in [-0.25, -0.2) is 0 Å². The van der Waals surface area contributed by atoms with Gasteiger partial charge in [-0.1, -0.05) is 72.4 Å². The molecule has 0 saturated heterocycles. The van der Waals surface area contributed by atoms with E-state index in [0.29, 0.717) is 0 Å². The maximum atomic E-state index is 13.8. The van der Waals surface area contributed by atoms with Crippen LogP contribution in [-0.4, -0.2) is 12.5 Å². The zero-order chi connectivity index (χ0) is 20.3. The molecule has 0 aromatic heterocycles. The van der Waals surface area contributed by atoms with E-state index in [9.17, 15) is 4.79 Å². The van der Waals surface area contributed by atoms with Crippen LogP contribution in [0.3, 0.4) is 0 Å². The van der Waals surface area contributed by atoms with E-state index < -0.39 is 0 Å². The minimum atomic E-state index is 0.0305. The van der Waals surface area contributed by atoms with E-state index in [1.54, 1.807) is 11.8 Å². The van der Waals surface area contributed by atoms with Crippen LogP contribution in [0.15, 0.2) is 119 Å². The number of amides is 1. The molecule has 5 rings (SSSR count). The summed E-state index contributed by atoms with van der Waals surface area (Å²) in [5.41, 5.74) is 3.86. The van der Waals surface area contributed by atoms with Gasteiger partial charge in [-0.3, -0.25) is 9.69 Å². The first-order valence-electron chi connectivity index (χ1n) is 9.88. The lowest BCUT2D eigenvalue weighted by molar-refractivity contribution is -0.116. The molecule has 0 atom stereocenters. The molecule has 1 amide bonds. The Morgan fingerprint density at radius 3 is 1.57 bits per heavy atom. The van der Waals surface area contributed by atoms with Crippen molar-refractivity contribution in [3.05, 3.63) is 109 Å². The Hall–Kier alpha value is -3.50. The molecular formula is C26H20N2OS. The third-order valence-corrected chi connectivity index (χ3v) is 6.24. The van der Waals surface area contributed by atoms with Gasteiger partial charge in [-0.2, -0.15) is 0 Å². The second kappa shape index (κ2) is 8.09. The van der Waals surface area contributed by atoms with E-state index in [-0.39, 0.29) is 12.5 Å². The molecule has 0 radical (unpaired) electrons. The predicted molar refractivity (Wildman–Crippen MR) is 124 cm³/mol. The highest BCUT2D eigenvalue weighted by molar-refractivity contribution is 7.99. The van der Waals surface area contributed by atoms with Gasteiger partial charge in [0.05, 0.1) is 11.4 Å². The van der Waals surface area contributed by atoms with Gasteiger partial charge in [0.2, 0.25) is 0 Å². The second-order valence-electron chi connectivity index (χ2n) is 7.02. The average Bonchev–Trinajstić information content (AvgIpc) is 2.82. The molecule has 4 aromatic carbocycles. The van der Waals surface area contributed by atoms with Crippen molar-refractivity contribution in [2.75, 3.05) is 16.3 Å². The molecule has 4 aromatic rings. The lowest BCUT2D eigenvalue weighted by atomic mass is 10.2. The Bertz CT molecular complexity index is 1090. The highest BCUT2D eigenvalue weighted by Crippen LogP contribution is 2.48. The summed E-state index contributed by atoms with van der Waals surface area (Å²) < 4.78 is 0. The fourth-order valence-corrected chi connectivity index (χ4v) is 4.78. The van der Waals surface area contributed by atoms with Crippen molar-refractivity contribution in [3.63, 3.8) is 0 Å². The topological polar surface area (TPSA) is 23.6 Å². The summed E-state index contributed by atoms with van der Waals surface area (Å²) in [4.78, 5) is 19.9. The largest absolute Gasteiger partial charge is 0.332 e. The maximum Gasteiger partial charge on any atom is 0.251 e. The maximum absolute atomic E-state index is 13.8. The summed E-state index contributed by atoms with van der Waals surface area (Å²) in [6.07, 6.45) is 0. The molecular weight excluding hydrogens is 388 g/mol. The van der Waals surface area contributed by atoms with Crippen LogP contribution in [0.4, 0.5) is 22.7 Å². The van der Waals surface area contributed by atoms with Crippen LogP contribution in [-0.2, 0) is 4.79 Å². The van der Waals surface area contributed by atoms with Crippen LogP contribution >= 0.6 is 11.8 Å². The van der Waals surface area contributed by atoms with E-state index in [0.717, 1.165) is 32.5 Å². The number of benzene rings is 4. The molecule has 0 saturated carbocycles. The number of anilines is 4. The Morgan fingerprint density at radius 1 is 0.633 bits per heavy atom. The number of hydrogen-bond acceptors (Lipinski definition) is 3. The summed E-state index contributed by atoms with van der Waals surface area (Å²) in [6, 6.07) is 36.3. The van der Waals surface area contributed by atoms with Crippen LogP contribution < -0.4 is 9.80 Å². The quantitative estimate of drug-likeness (QED) is 0.377. The summed E-state index contributed by atoms with van der Waals surface area (Å²) in [5.74, 6) is 0.0305. The van der Waals surface area contributed by atoms with E-state index in [1.807, 2.05) is 102 Å². The molecule has 0 fully saturated rings. The Kier molecular flexibility index (Phi) is 4.99. The summed E-state index contributed by atoms with van der Waals surface area (Å²) >= 11 is 1.71. The van der Waals surface area contributed by atoms with Crippen molar-refractivity contribution in [2.24, 2.45) is 0 Å². The van der Waals surface area contributed by atoms with E-state index in [2.05, 4.69) is 17.0 Å². The van der Waals surface area contributed by atoms with Crippen molar-refractivity contribution in [1.29, 1.82) is 0 Å². The summed E-state index contributed by atoms with van der Waals surface area (Å²) in [5, 5.41) is 0. The van der Waals surface area contributed by atoms with Crippen LogP contribution in [0.2, 0.25) is 0 Å². The first kappa shape index (κ1) is 18.5. The normalized spacial score (nSPS) is 12.1. The van der Waals surface area contributed by atoms with Gasteiger partial charge in [0.1, 0.15) is 6.54 Å². The molecule has 1 aliphatic heterocycles. The summed E-state index contributed by atoms with van der Waals surface area (Å²) in [6.45, 7) is 0.237. The minimum Gasteiger partial charge on any atom is -0.332 e. The number of carbonyl (C=O) groups excluding carboxylic acids is 1. The van der Waals surface area contributed by atoms with Gasteiger partial charge in [-0.15, -0.1) is 0 Å². The molecule has 1 heterocycles. The van der Waals surface area contributed by atoms with Gasteiger partial charge in [0.15, 0.2) is 0 Å². The SMILES string of the molecule is O=C(CN(c1ccccc1)c1ccccc1)N1c2ccccc2Sc2ccccc21. The van der Waals surface area contributed by atoms with Crippen molar-refractivity contribution < 1.29 is 4.79 Å². The highest BCUT2D eigenvalue weighted by atomic mass is 32.2. The number of carbonyl (C=O) groups is 1. The molecule has 0 aliphatic carbocycles. The monoisotopic (exact) mass is 408 g/mol. The Morgan fingerprint density at radius 2 is 1.07 bits per heavy atom. The first-order valence-corrected chi connectivity index (χ1v) is 10.7. The summed E-state index contributed by atoms with van der Waals surface area (Å²) in [7, 11) is 0. The Balaban J connectivity index is 1.56. The number of fused-ring (bicyclic) bond motifs is 2. The minimum absolute atomic E-state index is 0.0305. The average molecular weight is 409 g/mol. The Labute approximate surface area is 180 Å². The smallest absolute Gasteiger partial charge is 0.251 e. The lowest BCUT2D eigenvalue weighted by Gasteiger charge is -2.33. The zero-order valence-electron chi connectivity index (χ0n) is 16.3. The standard InChI is InChI=1S/C26H20N2OS/c29-26(19-27(20-11-3-1-4-12-20)21-13-5-2-6-14-21)28-22-15-7-9-17-24(22)30-25-18-10-8-16-23(25)28/h1-18H,19H2. The van der Waals surface area contributed by atoms with E-state index >= 15 is 0 Å². The fraction of sp³-hybridized carbons (Fsp3) is 0.0385. The van der Waals surface area contributed by atoms with Gasteiger partial charge in [0, 0.05) is 21.2 Å². The fourth-order valence-electron chi connectivity index (χ4n) is 3.73. The van der Waals surface area contributed by atoms with Crippen LogP contribution in [0.1, 0.15) is 0 Å². The van der Waals surface area contributed by atoms with Gasteiger partial charge in [0.25, 0.3) is 5.91 Å². The number of hydrogen-bond donors (Lipinski definition) is 0. The lowest BCUT2D eigenvalue weighted by Crippen LogP contribution is -2.37. The highest BCUT2D eigenvalue weighted by Gasteiger charge is 2.29. The molecule has 4 heteroatoms. The molecule has 0 N–H and O–H groups in total. The molecule has 1 aliphatic rings. The number of para-hydroxylation sites is 4. The van der Waals surface area contributed by atoms with Crippen molar-refractivity contribution in [1.82, 2.24) is 0 Å². The van der Waals surface area contributed by atoms with Crippen LogP contribution in [0.5, 0.6) is 0 Å². The third-order valence-electron chi connectivity index (χ3n) is 5.11. The molecule has 30 heavy (non-hydrogen) atoms. The molecule has 0 unspecified atom stereocenters. The number of rotatable bonds is 4. The zero-order valence-corrected chi connectivity index (χ0v) is 17.1. The van der Waals surface area contributed by atoms with Crippen LogP contribution in [0, 0.1) is 0 Å². The second-order valence-corrected chi connectivity index (χ2v) is 8.11. The third kappa shape index (κ3) is 3.46. The van der Waals surface area contributed by atoms with Crippen molar-refractivity contribution in [2.45, 2.75) is 9.79 Å². The van der Waals surface area contributed by atoms with Crippen LogP contribution in [0.25, 0.3) is 0 Å². The molecule has 0 bridgehead atoms. The van der Waals surface area contributed by atoms with E-state index in [4.69, 9.17) is 0 Å². The molecule has 3 nitrogen and oxygen atoms in total. The van der Waals surface area contributed by atoms with Gasteiger partial charge < -0.3 is 4.90 Å². The molecule has 0 spiro atoms.